The van der Waals surface area contributed by atoms with Crippen LogP contribution >= 0.6 is 0 Å². The third-order valence-corrected chi connectivity index (χ3v) is 8.50. The van der Waals surface area contributed by atoms with Crippen molar-refractivity contribution in [2.45, 2.75) is 6.92 Å². The van der Waals surface area contributed by atoms with Gasteiger partial charge in [-0.05, 0) is 54.5 Å². The van der Waals surface area contributed by atoms with Crippen molar-refractivity contribution >= 4 is 33.5 Å². The number of hydrogen-bond acceptors (Lipinski definition) is 3. The first-order valence-electron chi connectivity index (χ1n) is 15.7. The van der Waals surface area contributed by atoms with Gasteiger partial charge in [0.1, 0.15) is 0 Å². The largest absolute Gasteiger partial charge is 0.278 e. The summed E-state index contributed by atoms with van der Waals surface area (Å²) in [6, 6.07) is 46.1. The summed E-state index contributed by atoms with van der Waals surface area (Å²) in [6.07, 6.45) is 7.92. The number of rotatable bonds is 7. The van der Waals surface area contributed by atoms with E-state index < -0.39 is 0 Å². The second-order valence-electron chi connectivity index (χ2n) is 11.4. The van der Waals surface area contributed by atoms with Crippen LogP contribution in [0.4, 0.5) is 0 Å². The Bertz CT molecular complexity index is 2410. The summed E-state index contributed by atoms with van der Waals surface area (Å²) in [5, 5.41) is 0. The van der Waals surface area contributed by atoms with Crippen molar-refractivity contribution in [3.05, 3.63) is 164 Å². The van der Waals surface area contributed by atoms with Crippen LogP contribution in [0.5, 0.6) is 0 Å². The summed E-state index contributed by atoms with van der Waals surface area (Å²) in [4.78, 5) is 15.0. The van der Waals surface area contributed by atoms with Gasteiger partial charge in [-0.2, -0.15) is 0 Å². The molecule has 0 aliphatic carbocycles. The summed E-state index contributed by atoms with van der Waals surface area (Å²) < 4.78 is 4.47. The Morgan fingerprint density at radius 1 is 0.574 bits per heavy atom. The van der Waals surface area contributed by atoms with E-state index in [0.29, 0.717) is 5.82 Å². The molecule has 0 atom stereocenters. The van der Waals surface area contributed by atoms with E-state index in [0.717, 1.165) is 72.7 Å². The number of allylic oxidation sites excluding steroid dienone is 5. The van der Waals surface area contributed by atoms with E-state index in [9.17, 15) is 0 Å². The summed E-state index contributed by atoms with van der Waals surface area (Å²) in [5.74, 6) is 1.59. The molecule has 0 aliphatic rings. The van der Waals surface area contributed by atoms with Crippen molar-refractivity contribution in [3.8, 4) is 45.0 Å². The minimum Gasteiger partial charge on any atom is -0.278 e. The van der Waals surface area contributed by atoms with E-state index in [4.69, 9.17) is 15.0 Å². The maximum atomic E-state index is 5.05. The molecular formula is C42H31N5. The second kappa shape index (κ2) is 11.9. The van der Waals surface area contributed by atoms with E-state index in [-0.39, 0.29) is 0 Å². The molecule has 0 fully saturated rings. The molecule has 0 radical (unpaired) electrons. The lowest BCUT2D eigenvalue weighted by molar-refractivity contribution is 1.14. The quantitative estimate of drug-likeness (QED) is 0.170. The lowest BCUT2D eigenvalue weighted by atomic mass is 10.0. The van der Waals surface area contributed by atoms with E-state index >= 15 is 0 Å². The molecule has 47 heavy (non-hydrogen) atoms. The predicted octanol–water partition coefficient (Wildman–Crippen LogP) is 10.5. The summed E-state index contributed by atoms with van der Waals surface area (Å²) >= 11 is 0. The lowest BCUT2D eigenvalue weighted by Gasteiger charge is -2.10. The highest BCUT2D eigenvalue weighted by molar-refractivity contribution is 5.96. The monoisotopic (exact) mass is 605 g/mol. The van der Waals surface area contributed by atoms with Crippen LogP contribution in [0, 0.1) is 0 Å². The van der Waals surface area contributed by atoms with Gasteiger partial charge in [-0.15, -0.1) is 0 Å². The zero-order valence-electron chi connectivity index (χ0n) is 26.0. The van der Waals surface area contributed by atoms with Crippen molar-refractivity contribution in [1.29, 1.82) is 0 Å². The number of hydrogen-bond donors (Lipinski definition) is 0. The molecule has 0 aliphatic heterocycles. The van der Waals surface area contributed by atoms with Gasteiger partial charge >= 0.3 is 0 Å². The summed E-state index contributed by atoms with van der Waals surface area (Å²) in [6.45, 7) is 5.91. The second-order valence-corrected chi connectivity index (χ2v) is 11.4. The van der Waals surface area contributed by atoms with Crippen LogP contribution in [0.15, 0.2) is 164 Å². The lowest BCUT2D eigenvalue weighted by Crippen LogP contribution is -1.96. The average molecular weight is 606 g/mol. The van der Waals surface area contributed by atoms with Crippen molar-refractivity contribution in [2.75, 3.05) is 0 Å². The molecule has 0 N–H and O–H groups in total. The highest BCUT2D eigenvalue weighted by Gasteiger charge is 2.18. The van der Waals surface area contributed by atoms with Crippen LogP contribution in [0.25, 0.3) is 78.6 Å². The average Bonchev–Trinajstić information content (AvgIpc) is 3.67. The van der Waals surface area contributed by atoms with Crippen LogP contribution in [-0.4, -0.2) is 23.9 Å². The molecule has 5 nitrogen and oxygen atoms in total. The fourth-order valence-electron chi connectivity index (χ4n) is 6.20. The molecule has 0 bridgehead atoms. The molecule has 5 heteroatoms. The molecule has 5 aromatic carbocycles. The molecule has 3 heterocycles. The van der Waals surface area contributed by atoms with E-state index in [1.54, 1.807) is 6.08 Å². The zero-order chi connectivity index (χ0) is 31.7. The molecule has 8 aromatic rings. The number of fused-ring (bicyclic) bond motifs is 5. The van der Waals surface area contributed by atoms with E-state index in [1.807, 2.05) is 55.5 Å². The van der Waals surface area contributed by atoms with Gasteiger partial charge < -0.3 is 0 Å². The molecule has 0 unspecified atom stereocenters. The van der Waals surface area contributed by atoms with Gasteiger partial charge in [0.2, 0.25) is 5.78 Å². The topological polar surface area (TPSA) is 48.0 Å². The third kappa shape index (κ3) is 5.04. The van der Waals surface area contributed by atoms with Gasteiger partial charge in [0.15, 0.2) is 5.82 Å². The number of imidazole rings is 2. The molecule has 3 aromatic heterocycles. The Kier molecular flexibility index (Phi) is 7.12. The fourth-order valence-corrected chi connectivity index (χ4v) is 6.20. The van der Waals surface area contributed by atoms with Crippen molar-refractivity contribution in [1.82, 2.24) is 23.9 Å². The van der Waals surface area contributed by atoms with Gasteiger partial charge in [-0.1, -0.05) is 128 Å². The standard InChI is InChI=1S/C42H31N5/c1-3-5-18-34(4-2)46-39-26-25-33(27-40(39)47-38-20-13-12-19-35(38)45-42(46)47)29-21-23-31(24-22-29)37-28-36(30-14-8-6-9-15-30)43-41(44-37)32-16-10-7-11-17-32/h3-28H,1H2,2H3/b18-5-,34-4+. The van der Waals surface area contributed by atoms with E-state index in [2.05, 4.69) is 119 Å². The number of benzene rings is 5. The minimum atomic E-state index is 0.709. The maximum absolute atomic E-state index is 5.05. The van der Waals surface area contributed by atoms with Gasteiger partial charge in [0.25, 0.3) is 0 Å². The Morgan fingerprint density at radius 3 is 1.89 bits per heavy atom. The Balaban J connectivity index is 1.24. The van der Waals surface area contributed by atoms with Crippen LogP contribution in [0.2, 0.25) is 0 Å². The molecule has 8 rings (SSSR count). The normalized spacial score (nSPS) is 12.1. The van der Waals surface area contributed by atoms with Crippen molar-refractivity contribution < 1.29 is 0 Å². The van der Waals surface area contributed by atoms with Crippen LogP contribution in [0.1, 0.15) is 6.92 Å². The maximum Gasteiger partial charge on any atom is 0.220 e. The molecule has 0 spiro atoms. The highest BCUT2D eigenvalue weighted by Crippen LogP contribution is 2.34. The van der Waals surface area contributed by atoms with Crippen LogP contribution in [-0.2, 0) is 0 Å². The van der Waals surface area contributed by atoms with Gasteiger partial charge in [-0.25, -0.2) is 15.0 Å². The Morgan fingerprint density at radius 2 is 1.19 bits per heavy atom. The van der Waals surface area contributed by atoms with Crippen LogP contribution in [0.3, 0.4) is 0 Å². The SMILES string of the molecule is C=C/C=C\C(=C/C)n1c2ccc(-c3ccc(-c4cc(-c5ccccc5)nc(-c5ccccc5)n4)cc3)cc2n2c3ccccc3nc12. The fraction of sp³-hybridized carbons (Fsp3) is 0.0238. The molecule has 224 valence electrons. The summed E-state index contributed by atoms with van der Waals surface area (Å²) in [5.41, 5.74) is 12.4. The predicted molar refractivity (Wildman–Crippen MR) is 195 cm³/mol. The molecule has 0 amide bonds. The number of nitrogens with zero attached hydrogens (tertiary/aromatic N) is 5. The molecular weight excluding hydrogens is 574 g/mol. The first-order valence-corrected chi connectivity index (χ1v) is 15.7. The Labute approximate surface area is 273 Å². The van der Waals surface area contributed by atoms with Crippen molar-refractivity contribution in [2.24, 2.45) is 0 Å². The zero-order valence-corrected chi connectivity index (χ0v) is 26.0. The first kappa shape index (κ1) is 28.2. The van der Waals surface area contributed by atoms with Gasteiger partial charge in [0, 0.05) is 22.4 Å². The first-order chi connectivity index (χ1) is 23.2. The number of aromatic nitrogens is 5. The summed E-state index contributed by atoms with van der Waals surface area (Å²) in [7, 11) is 0. The number of para-hydroxylation sites is 2. The Hall–Kier alpha value is -6.33. The highest BCUT2D eigenvalue weighted by atomic mass is 15.2. The third-order valence-electron chi connectivity index (χ3n) is 8.50. The van der Waals surface area contributed by atoms with Gasteiger partial charge in [-0.3, -0.25) is 8.97 Å². The smallest absolute Gasteiger partial charge is 0.220 e. The minimum absolute atomic E-state index is 0.709. The molecule has 0 saturated carbocycles. The molecule has 0 saturated heterocycles. The van der Waals surface area contributed by atoms with Gasteiger partial charge in [0.05, 0.1) is 33.5 Å². The van der Waals surface area contributed by atoms with E-state index in [1.165, 1.54) is 0 Å². The van der Waals surface area contributed by atoms with Crippen LogP contribution < -0.4 is 0 Å². The van der Waals surface area contributed by atoms with Crippen molar-refractivity contribution in [3.63, 3.8) is 0 Å².